The van der Waals surface area contributed by atoms with Crippen LogP contribution in [-0.4, -0.2) is 41.0 Å². The van der Waals surface area contributed by atoms with Gasteiger partial charge in [0.05, 0.1) is 10.7 Å². The van der Waals surface area contributed by atoms with Crippen LogP contribution in [0.4, 0.5) is 5.69 Å². The molecule has 1 amide bonds. The Hall–Kier alpha value is -1.59. The molecule has 6 heteroatoms. The highest BCUT2D eigenvalue weighted by Gasteiger charge is 2.30. The van der Waals surface area contributed by atoms with Crippen LogP contribution in [0.15, 0.2) is 24.3 Å². The van der Waals surface area contributed by atoms with Gasteiger partial charge in [0.1, 0.15) is 6.04 Å². The van der Waals surface area contributed by atoms with Gasteiger partial charge in [-0.25, -0.2) is 0 Å². The van der Waals surface area contributed by atoms with Gasteiger partial charge in [-0.3, -0.25) is 14.5 Å². The van der Waals surface area contributed by atoms with E-state index in [-0.39, 0.29) is 12.3 Å². The summed E-state index contributed by atoms with van der Waals surface area (Å²) in [7, 11) is 0. The Morgan fingerprint density at radius 3 is 2.85 bits per heavy atom. The number of hydrogen-bond donors (Lipinski definition) is 2. The number of benzene rings is 1. The lowest BCUT2D eigenvalue weighted by Crippen LogP contribution is -2.37. The number of halogens is 1. The second-order valence-corrected chi connectivity index (χ2v) is 5.22. The third kappa shape index (κ3) is 3.71. The van der Waals surface area contributed by atoms with Crippen molar-refractivity contribution in [3.63, 3.8) is 0 Å². The second-order valence-electron chi connectivity index (χ2n) is 4.81. The van der Waals surface area contributed by atoms with Gasteiger partial charge in [0.15, 0.2) is 0 Å². The fraction of sp³-hybridized carbons (Fsp3) is 0.429. The molecule has 1 aliphatic rings. The van der Waals surface area contributed by atoms with Crippen LogP contribution >= 0.6 is 11.6 Å². The van der Waals surface area contributed by atoms with Crippen molar-refractivity contribution in [2.45, 2.75) is 25.3 Å². The zero-order chi connectivity index (χ0) is 14.5. The van der Waals surface area contributed by atoms with E-state index in [4.69, 9.17) is 16.7 Å². The van der Waals surface area contributed by atoms with Crippen molar-refractivity contribution in [1.82, 2.24) is 4.90 Å². The molecule has 1 aromatic rings. The molecule has 1 heterocycles. The standard InChI is InChI=1S/C14H17ClN2O3/c15-10-4-1-2-5-11(10)16-13(18)7-9-17-8-3-6-12(17)14(19)20/h1-2,4-5,12H,3,6-9H2,(H,16,18)(H,19,20). The minimum Gasteiger partial charge on any atom is -0.480 e. The Balaban J connectivity index is 1.84. The molecule has 0 bridgehead atoms. The lowest BCUT2D eigenvalue weighted by atomic mass is 10.2. The first-order chi connectivity index (χ1) is 9.58. The number of carbonyl (C=O) groups excluding carboxylic acids is 1. The molecule has 1 atom stereocenters. The first-order valence-electron chi connectivity index (χ1n) is 6.59. The molecule has 1 aromatic carbocycles. The zero-order valence-corrected chi connectivity index (χ0v) is 11.8. The summed E-state index contributed by atoms with van der Waals surface area (Å²) in [4.78, 5) is 24.7. The van der Waals surface area contributed by atoms with E-state index in [0.717, 1.165) is 13.0 Å². The third-order valence-corrected chi connectivity index (χ3v) is 3.75. The Morgan fingerprint density at radius 1 is 1.40 bits per heavy atom. The molecule has 0 spiro atoms. The van der Waals surface area contributed by atoms with E-state index >= 15 is 0 Å². The maximum atomic E-state index is 11.9. The highest BCUT2D eigenvalue weighted by atomic mass is 35.5. The van der Waals surface area contributed by atoms with Gasteiger partial charge in [-0.1, -0.05) is 23.7 Å². The second kappa shape index (κ2) is 6.72. The first-order valence-corrected chi connectivity index (χ1v) is 6.97. The summed E-state index contributed by atoms with van der Waals surface area (Å²) in [5.41, 5.74) is 0.579. The predicted molar refractivity (Wildman–Crippen MR) is 76.9 cm³/mol. The van der Waals surface area contributed by atoms with Crippen molar-refractivity contribution in [2.75, 3.05) is 18.4 Å². The van der Waals surface area contributed by atoms with Gasteiger partial charge in [-0.05, 0) is 31.5 Å². The molecule has 0 radical (unpaired) electrons. The van der Waals surface area contributed by atoms with Gasteiger partial charge in [0.25, 0.3) is 0 Å². The summed E-state index contributed by atoms with van der Waals surface area (Å²) in [5, 5.41) is 12.3. The van der Waals surface area contributed by atoms with Crippen molar-refractivity contribution in [2.24, 2.45) is 0 Å². The number of carboxylic acids is 1. The molecule has 1 aliphatic heterocycles. The van der Waals surface area contributed by atoms with E-state index in [0.29, 0.717) is 23.7 Å². The lowest BCUT2D eigenvalue weighted by molar-refractivity contribution is -0.142. The van der Waals surface area contributed by atoms with Crippen LogP contribution in [0.2, 0.25) is 5.02 Å². The number of anilines is 1. The average molecular weight is 297 g/mol. The summed E-state index contributed by atoms with van der Waals surface area (Å²) < 4.78 is 0. The maximum Gasteiger partial charge on any atom is 0.320 e. The molecule has 2 N–H and O–H groups in total. The van der Waals surface area contributed by atoms with Crippen molar-refractivity contribution in [1.29, 1.82) is 0 Å². The molecular weight excluding hydrogens is 280 g/mol. The SMILES string of the molecule is O=C(CCN1CCCC1C(=O)O)Nc1ccccc1Cl. The largest absolute Gasteiger partial charge is 0.480 e. The Morgan fingerprint density at radius 2 is 2.15 bits per heavy atom. The van der Waals surface area contributed by atoms with Crippen molar-refractivity contribution >= 4 is 29.2 Å². The predicted octanol–water partition coefficient (Wildman–Crippen LogP) is 2.22. The van der Waals surface area contributed by atoms with Gasteiger partial charge in [-0.2, -0.15) is 0 Å². The number of para-hydroxylation sites is 1. The minimum absolute atomic E-state index is 0.158. The fourth-order valence-corrected chi connectivity index (χ4v) is 2.58. The number of nitrogens with zero attached hydrogens (tertiary/aromatic N) is 1. The number of carbonyl (C=O) groups is 2. The normalized spacial score (nSPS) is 18.9. The van der Waals surface area contributed by atoms with Crippen LogP contribution in [0.25, 0.3) is 0 Å². The van der Waals surface area contributed by atoms with Crippen LogP contribution in [0.1, 0.15) is 19.3 Å². The van der Waals surface area contributed by atoms with E-state index < -0.39 is 12.0 Å². The molecule has 1 saturated heterocycles. The number of carboxylic acid groups (broad SMARTS) is 1. The topological polar surface area (TPSA) is 69.6 Å². The van der Waals surface area contributed by atoms with Crippen LogP contribution < -0.4 is 5.32 Å². The van der Waals surface area contributed by atoms with Gasteiger partial charge in [-0.15, -0.1) is 0 Å². The molecule has 1 fully saturated rings. The molecule has 0 aromatic heterocycles. The molecule has 5 nitrogen and oxygen atoms in total. The summed E-state index contributed by atoms with van der Waals surface area (Å²) in [6.07, 6.45) is 1.78. The number of rotatable bonds is 5. The summed E-state index contributed by atoms with van der Waals surface area (Å²) >= 11 is 5.96. The fourth-order valence-electron chi connectivity index (χ4n) is 2.39. The van der Waals surface area contributed by atoms with Crippen LogP contribution in [0.3, 0.4) is 0 Å². The molecule has 108 valence electrons. The molecule has 20 heavy (non-hydrogen) atoms. The van der Waals surface area contributed by atoms with E-state index in [2.05, 4.69) is 5.32 Å². The van der Waals surface area contributed by atoms with Crippen LogP contribution in [-0.2, 0) is 9.59 Å². The molecule has 0 saturated carbocycles. The summed E-state index contributed by atoms with van der Waals surface area (Å²) in [6.45, 7) is 1.18. The Bertz CT molecular complexity index is 507. The third-order valence-electron chi connectivity index (χ3n) is 3.42. The van der Waals surface area contributed by atoms with Crippen LogP contribution in [0.5, 0.6) is 0 Å². The summed E-state index contributed by atoms with van der Waals surface area (Å²) in [5.74, 6) is -0.969. The highest BCUT2D eigenvalue weighted by Crippen LogP contribution is 2.21. The number of aliphatic carboxylic acids is 1. The number of amides is 1. The zero-order valence-electron chi connectivity index (χ0n) is 11.0. The molecule has 0 aliphatic carbocycles. The van der Waals surface area contributed by atoms with Crippen molar-refractivity contribution in [3.05, 3.63) is 29.3 Å². The highest BCUT2D eigenvalue weighted by molar-refractivity contribution is 6.33. The average Bonchev–Trinajstić information content (AvgIpc) is 2.88. The quantitative estimate of drug-likeness (QED) is 0.874. The van der Waals surface area contributed by atoms with Gasteiger partial charge in [0.2, 0.25) is 5.91 Å². The van der Waals surface area contributed by atoms with E-state index in [1.165, 1.54) is 0 Å². The minimum atomic E-state index is -0.811. The number of likely N-dealkylation sites (tertiary alicyclic amines) is 1. The van der Waals surface area contributed by atoms with Gasteiger partial charge in [0, 0.05) is 13.0 Å². The maximum absolute atomic E-state index is 11.9. The Kier molecular flexibility index (Phi) is 4.98. The summed E-state index contributed by atoms with van der Waals surface area (Å²) in [6, 6.07) is 6.57. The van der Waals surface area contributed by atoms with E-state index in [1.54, 1.807) is 24.3 Å². The smallest absolute Gasteiger partial charge is 0.320 e. The van der Waals surface area contributed by atoms with Crippen molar-refractivity contribution < 1.29 is 14.7 Å². The van der Waals surface area contributed by atoms with Gasteiger partial charge >= 0.3 is 5.97 Å². The first kappa shape index (κ1) is 14.8. The molecule has 1 unspecified atom stereocenters. The monoisotopic (exact) mass is 296 g/mol. The van der Waals surface area contributed by atoms with E-state index in [9.17, 15) is 9.59 Å². The molecule has 2 rings (SSSR count). The van der Waals surface area contributed by atoms with Gasteiger partial charge < -0.3 is 10.4 Å². The van der Waals surface area contributed by atoms with Crippen LogP contribution in [0, 0.1) is 0 Å². The molecular formula is C14H17ClN2O3. The number of nitrogens with one attached hydrogen (secondary N) is 1. The van der Waals surface area contributed by atoms with Crippen molar-refractivity contribution in [3.8, 4) is 0 Å². The lowest BCUT2D eigenvalue weighted by Gasteiger charge is -2.20. The van der Waals surface area contributed by atoms with E-state index in [1.807, 2.05) is 4.90 Å². The Labute approximate surface area is 122 Å². The number of hydrogen-bond acceptors (Lipinski definition) is 3.